The number of alkyl halides is 2. The fourth-order valence-electron chi connectivity index (χ4n) is 1.87. The third kappa shape index (κ3) is 5.91. The van der Waals surface area contributed by atoms with E-state index in [1.165, 1.54) is 0 Å². The van der Waals surface area contributed by atoms with Gasteiger partial charge in [-0.2, -0.15) is 0 Å². The van der Waals surface area contributed by atoms with Gasteiger partial charge in [-0.05, 0) is 36.3 Å². The fraction of sp³-hybridized carbons (Fsp3) is 1.00. The van der Waals surface area contributed by atoms with Crippen molar-refractivity contribution in [1.82, 2.24) is 0 Å². The summed E-state index contributed by atoms with van der Waals surface area (Å²) in [4.78, 5) is 0. The Kier molecular flexibility index (Phi) is 7.36. The summed E-state index contributed by atoms with van der Waals surface area (Å²) in [6, 6.07) is 0. The zero-order chi connectivity index (χ0) is 19.9. The molecule has 0 spiro atoms. The average Bonchev–Trinajstić information content (AvgIpc) is 2.36. The van der Waals surface area contributed by atoms with Crippen molar-refractivity contribution >= 4 is 39.8 Å². The summed E-state index contributed by atoms with van der Waals surface area (Å²) in [5.41, 5.74) is 0. The standard InChI is InChI=1S/C17H36Cl2O4Si2/c1-15(2,3)24(7,8)22-11-13-14(17(18,19)21-12-20-13)23-25(9,10)16(4,5)6/h13-14H,11-12H2,1-10H3/t13-,14?/m1/s1. The highest BCUT2D eigenvalue weighted by Crippen LogP contribution is 2.44. The number of ether oxygens (including phenoxy) is 2. The second-order valence-corrected chi connectivity index (χ2v) is 20.8. The van der Waals surface area contributed by atoms with E-state index in [-0.39, 0.29) is 23.0 Å². The predicted molar refractivity (Wildman–Crippen MR) is 110 cm³/mol. The maximum absolute atomic E-state index is 6.48. The van der Waals surface area contributed by atoms with Crippen molar-refractivity contribution in [2.45, 2.75) is 94.5 Å². The quantitative estimate of drug-likeness (QED) is 0.401. The molecule has 4 nitrogen and oxygen atoms in total. The summed E-state index contributed by atoms with van der Waals surface area (Å²) in [7, 11) is -4.02. The van der Waals surface area contributed by atoms with Crippen molar-refractivity contribution in [2.24, 2.45) is 0 Å². The van der Waals surface area contributed by atoms with Crippen LogP contribution in [-0.2, 0) is 18.3 Å². The lowest BCUT2D eigenvalue weighted by Crippen LogP contribution is -2.59. The summed E-state index contributed by atoms with van der Waals surface area (Å²) in [5.74, 6) is 0. The lowest BCUT2D eigenvalue weighted by molar-refractivity contribution is -0.223. The van der Waals surface area contributed by atoms with Gasteiger partial charge < -0.3 is 18.3 Å². The number of halogens is 2. The highest BCUT2D eigenvalue weighted by molar-refractivity contribution is 6.74. The van der Waals surface area contributed by atoms with Crippen molar-refractivity contribution in [2.75, 3.05) is 13.4 Å². The molecule has 2 atom stereocenters. The molecule has 0 aromatic rings. The second kappa shape index (κ2) is 7.70. The molecule has 8 heteroatoms. The van der Waals surface area contributed by atoms with E-state index < -0.39 is 27.3 Å². The first kappa shape index (κ1) is 23.9. The van der Waals surface area contributed by atoms with E-state index in [1.807, 2.05) is 0 Å². The first-order valence-corrected chi connectivity index (χ1v) is 15.4. The van der Waals surface area contributed by atoms with Crippen molar-refractivity contribution in [3.05, 3.63) is 0 Å². The first-order chi connectivity index (χ1) is 10.9. The first-order valence-electron chi connectivity index (χ1n) is 8.86. The van der Waals surface area contributed by atoms with Crippen LogP contribution in [0.25, 0.3) is 0 Å². The Morgan fingerprint density at radius 2 is 1.44 bits per heavy atom. The van der Waals surface area contributed by atoms with Gasteiger partial charge in [0.2, 0.25) is 4.52 Å². The zero-order valence-corrected chi connectivity index (χ0v) is 21.0. The van der Waals surface area contributed by atoms with E-state index in [0.717, 1.165) is 0 Å². The van der Waals surface area contributed by atoms with Crippen LogP contribution in [0.4, 0.5) is 0 Å². The molecule has 0 aromatic heterocycles. The summed E-state index contributed by atoms with van der Waals surface area (Å²) in [6.07, 6.45) is -0.942. The molecule has 0 N–H and O–H groups in total. The third-order valence-corrected chi connectivity index (χ3v) is 15.4. The minimum atomic E-state index is -2.11. The van der Waals surface area contributed by atoms with E-state index in [2.05, 4.69) is 67.7 Å². The van der Waals surface area contributed by atoms with Crippen LogP contribution in [0.15, 0.2) is 0 Å². The molecule has 1 unspecified atom stereocenters. The Hall–Kier alpha value is 0.854. The maximum Gasteiger partial charge on any atom is 0.247 e. The minimum absolute atomic E-state index is 0.0269. The Morgan fingerprint density at radius 1 is 0.960 bits per heavy atom. The highest BCUT2D eigenvalue weighted by Gasteiger charge is 2.52. The minimum Gasteiger partial charge on any atom is -0.414 e. The topological polar surface area (TPSA) is 36.9 Å². The van der Waals surface area contributed by atoms with E-state index in [1.54, 1.807) is 0 Å². The van der Waals surface area contributed by atoms with Crippen molar-refractivity contribution in [3.63, 3.8) is 0 Å². The Balaban J connectivity index is 2.96. The van der Waals surface area contributed by atoms with Crippen LogP contribution in [0, 0.1) is 0 Å². The molecule has 0 amide bonds. The molecule has 1 aliphatic rings. The van der Waals surface area contributed by atoms with Crippen molar-refractivity contribution in [1.29, 1.82) is 0 Å². The summed E-state index contributed by atoms with van der Waals surface area (Å²) in [5, 5.41) is 0.145. The maximum atomic E-state index is 6.48. The molecule has 1 heterocycles. The van der Waals surface area contributed by atoms with E-state index in [0.29, 0.717) is 6.61 Å². The molecule has 150 valence electrons. The fourth-order valence-corrected chi connectivity index (χ4v) is 4.80. The highest BCUT2D eigenvalue weighted by atomic mass is 35.5. The van der Waals surface area contributed by atoms with Gasteiger partial charge in [-0.25, -0.2) is 0 Å². The molecule has 0 aliphatic carbocycles. The third-order valence-electron chi connectivity index (χ3n) is 5.84. The van der Waals surface area contributed by atoms with Gasteiger partial charge in [-0.3, -0.25) is 0 Å². The van der Waals surface area contributed by atoms with E-state index in [4.69, 9.17) is 41.5 Å². The molecule has 1 aliphatic heterocycles. The van der Waals surface area contributed by atoms with Crippen LogP contribution in [0.5, 0.6) is 0 Å². The van der Waals surface area contributed by atoms with Crippen molar-refractivity contribution in [3.8, 4) is 0 Å². The van der Waals surface area contributed by atoms with Crippen molar-refractivity contribution < 1.29 is 18.3 Å². The number of hydrogen-bond donors (Lipinski definition) is 0. The molecule has 1 rings (SSSR count). The average molecular weight is 432 g/mol. The van der Waals surface area contributed by atoms with E-state index in [9.17, 15) is 0 Å². The molecular formula is C17H36Cl2O4Si2. The Bertz CT molecular complexity index is 457. The number of rotatable bonds is 5. The van der Waals surface area contributed by atoms with Crippen LogP contribution >= 0.6 is 23.2 Å². The van der Waals surface area contributed by atoms with Gasteiger partial charge in [0.1, 0.15) is 12.2 Å². The molecule has 25 heavy (non-hydrogen) atoms. The second-order valence-electron chi connectivity index (χ2n) is 9.90. The Labute approximate surface area is 166 Å². The molecule has 1 fully saturated rings. The molecule has 0 radical (unpaired) electrons. The monoisotopic (exact) mass is 430 g/mol. The normalized spacial score (nSPS) is 25.9. The molecule has 0 aromatic carbocycles. The van der Waals surface area contributed by atoms with Crippen LogP contribution < -0.4 is 0 Å². The van der Waals surface area contributed by atoms with Gasteiger partial charge in [0.15, 0.2) is 23.4 Å². The zero-order valence-electron chi connectivity index (χ0n) is 17.5. The SMILES string of the molecule is CC(C)(C)[Si](C)(C)OC[C@H]1OCOC(Cl)(Cl)C1O[Si](C)(C)C(C)(C)C. The van der Waals surface area contributed by atoms with Gasteiger partial charge in [0.25, 0.3) is 0 Å². The lowest BCUT2D eigenvalue weighted by Gasteiger charge is -2.47. The van der Waals surface area contributed by atoms with Crippen LogP contribution in [0.3, 0.4) is 0 Å². The van der Waals surface area contributed by atoms with Gasteiger partial charge in [-0.15, -0.1) is 0 Å². The summed E-state index contributed by atoms with van der Waals surface area (Å²) >= 11 is 12.9. The summed E-state index contributed by atoms with van der Waals surface area (Å²) in [6.45, 7) is 22.3. The number of hydrogen-bond acceptors (Lipinski definition) is 4. The molecule has 1 saturated heterocycles. The van der Waals surface area contributed by atoms with Gasteiger partial charge in [-0.1, -0.05) is 64.7 Å². The largest absolute Gasteiger partial charge is 0.414 e. The molecular weight excluding hydrogens is 395 g/mol. The predicted octanol–water partition coefficient (Wildman–Crippen LogP) is 5.90. The summed E-state index contributed by atoms with van der Waals surface area (Å²) < 4.78 is 22.6. The Morgan fingerprint density at radius 3 is 1.88 bits per heavy atom. The van der Waals surface area contributed by atoms with Crippen LogP contribution in [-0.4, -0.2) is 46.8 Å². The van der Waals surface area contributed by atoms with Crippen LogP contribution in [0.1, 0.15) is 41.5 Å². The molecule has 0 bridgehead atoms. The lowest BCUT2D eigenvalue weighted by atomic mass is 10.2. The van der Waals surface area contributed by atoms with Gasteiger partial charge in [0, 0.05) is 0 Å². The molecule has 0 saturated carbocycles. The van der Waals surface area contributed by atoms with E-state index >= 15 is 0 Å². The van der Waals surface area contributed by atoms with Crippen LogP contribution in [0.2, 0.25) is 36.3 Å². The van der Waals surface area contributed by atoms with Gasteiger partial charge >= 0.3 is 0 Å². The smallest absolute Gasteiger partial charge is 0.247 e. The van der Waals surface area contributed by atoms with Gasteiger partial charge in [0.05, 0.1) is 6.61 Å².